The van der Waals surface area contributed by atoms with Gasteiger partial charge in [0.05, 0.1) is 23.8 Å². The Bertz CT molecular complexity index is 1240. The fourth-order valence-corrected chi connectivity index (χ4v) is 4.54. The minimum absolute atomic E-state index is 0.0959. The van der Waals surface area contributed by atoms with Crippen LogP contribution in [0.25, 0.3) is 11.0 Å². The standard InChI is InChI=1S/C26H27FN4O2S/c1-2-33-15-5-13-29-25(32)20-10-8-19(9-11-20)17-31-24-16-28-14-12-23(24)30-26(31)34-18-21-6-3-4-7-22(21)27/h3-4,6-12,14,16H,2,5,13,15,17-18H2,1H3,(H,29,32). The molecule has 2 aromatic heterocycles. The van der Waals surface area contributed by atoms with Gasteiger partial charge in [-0.3, -0.25) is 9.78 Å². The van der Waals surface area contributed by atoms with Crippen molar-refractivity contribution in [3.05, 3.63) is 89.5 Å². The van der Waals surface area contributed by atoms with E-state index >= 15 is 0 Å². The lowest BCUT2D eigenvalue weighted by Crippen LogP contribution is -2.25. The molecule has 1 N–H and O–H groups in total. The van der Waals surface area contributed by atoms with E-state index in [0.29, 0.717) is 43.2 Å². The van der Waals surface area contributed by atoms with Crippen LogP contribution in [0.2, 0.25) is 0 Å². The molecule has 4 aromatic rings. The molecule has 1 amide bonds. The van der Waals surface area contributed by atoms with E-state index in [4.69, 9.17) is 9.72 Å². The summed E-state index contributed by atoms with van der Waals surface area (Å²) >= 11 is 1.49. The number of ether oxygens (including phenoxy) is 1. The van der Waals surface area contributed by atoms with Crippen molar-refractivity contribution in [1.29, 1.82) is 0 Å². The van der Waals surface area contributed by atoms with Crippen LogP contribution in [-0.2, 0) is 17.0 Å². The highest BCUT2D eigenvalue weighted by Crippen LogP contribution is 2.28. The van der Waals surface area contributed by atoms with Gasteiger partial charge in [0.1, 0.15) is 5.82 Å². The predicted octanol–water partition coefficient (Wildman–Crippen LogP) is 5.07. The van der Waals surface area contributed by atoms with E-state index in [2.05, 4.69) is 14.9 Å². The Balaban J connectivity index is 1.46. The summed E-state index contributed by atoms with van der Waals surface area (Å²) in [5, 5.41) is 3.71. The van der Waals surface area contributed by atoms with E-state index in [9.17, 15) is 9.18 Å². The maximum absolute atomic E-state index is 14.1. The molecule has 2 heterocycles. The number of benzene rings is 2. The first-order valence-electron chi connectivity index (χ1n) is 11.3. The third-order valence-electron chi connectivity index (χ3n) is 5.34. The number of carbonyl (C=O) groups excluding carboxylic acids is 1. The van der Waals surface area contributed by atoms with Crippen molar-refractivity contribution >= 4 is 28.7 Å². The number of thioether (sulfide) groups is 1. The van der Waals surface area contributed by atoms with E-state index < -0.39 is 0 Å². The zero-order valence-corrected chi connectivity index (χ0v) is 19.9. The minimum atomic E-state index is -0.217. The fraction of sp³-hybridized carbons (Fsp3) is 0.269. The molecule has 0 radical (unpaired) electrons. The van der Waals surface area contributed by atoms with Crippen LogP contribution in [0.15, 0.2) is 72.1 Å². The average molecular weight is 479 g/mol. The molecule has 0 unspecified atom stereocenters. The fourth-order valence-electron chi connectivity index (χ4n) is 3.54. The first-order valence-corrected chi connectivity index (χ1v) is 12.3. The van der Waals surface area contributed by atoms with Crippen molar-refractivity contribution in [2.45, 2.75) is 30.8 Å². The molecule has 0 saturated carbocycles. The third-order valence-corrected chi connectivity index (χ3v) is 6.37. The van der Waals surface area contributed by atoms with Crippen LogP contribution < -0.4 is 5.32 Å². The maximum atomic E-state index is 14.1. The molecule has 2 aromatic carbocycles. The van der Waals surface area contributed by atoms with E-state index in [1.165, 1.54) is 17.8 Å². The number of rotatable bonds is 11. The normalized spacial score (nSPS) is 11.1. The Morgan fingerprint density at radius 3 is 2.76 bits per heavy atom. The lowest BCUT2D eigenvalue weighted by Gasteiger charge is -2.10. The van der Waals surface area contributed by atoms with Crippen molar-refractivity contribution in [3.63, 3.8) is 0 Å². The van der Waals surface area contributed by atoms with Gasteiger partial charge in [0.2, 0.25) is 0 Å². The SMILES string of the molecule is CCOCCCNC(=O)c1ccc(Cn2c(SCc3ccccc3F)nc3ccncc32)cc1. The largest absolute Gasteiger partial charge is 0.382 e. The van der Waals surface area contributed by atoms with Crippen molar-refractivity contribution in [2.24, 2.45) is 0 Å². The molecule has 0 saturated heterocycles. The quantitative estimate of drug-likeness (QED) is 0.241. The van der Waals surface area contributed by atoms with Gasteiger partial charge in [-0.15, -0.1) is 0 Å². The highest BCUT2D eigenvalue weighted by atomic mass is 32.2. The average Bonchev–Trinajstić information content (AvgIpc) is 3.21. The van der Waals surface area contributed by atoms with E-state index in [-0.39, 0.29) is 11.7 Å². The summed E-state index contributed by atoms with van der Waals surface area (Å²) in [6.45, 7) is 4.42. The number of fused-ring (bicyclic) bond motifs is 1. The first-order chi connectivity index (χ1) is 16.7. The predicted molar refractivity (Wildman–Crippen MR) is 132 cm³/mol. The zero-order chi connectivity index (χ0) is 23.8. The highest BCUT2D eigenvalue weighted by Gasteiger charge is 2.14. The summed E-state index contributed by atoms with van der Waals surface area (Å²) in [6, 6.07) is 16.2. The molecular formula is C26H27FN4O2S. The minimum Gasteiger partial charge on any atom is -0.382 e. The molecular weight excluding hydrogens is 451 g/mol. The van der Waals surface area contributed by atoms with Crippen LogP contribution in [0.1, 0.15) is 34.8 Å². The van der Waals surface area contributed by atoms with Crippen LogP contribution in [0, 0.1) is 5.82 Å². The topological polar surface area (TPSA) is 69.0 Å². The Labute approximate surface area is 202 Å². The van der Waals surface area contributed by atoms with Crippen LogP contribution >= 0.6 is 11.8 Å². The van der Waals surface area contributed by atoms with Gasteiger partial charge in [0.15, 0.2) is 5.16 Å². The summed E-state index contributed by atoms with van der Waals surface area (Å²) in [5.74, 6) is 0.166. The Morgan fingerprint density at radius 2 is 1.97 bits per heavy atom. The van der Waals surface area contributed by atoms with E-state index in [1.54, 1.807) is 24.5 Å². The second kappa shape index (κ2) is 11.8. The third kappa shape index (κ3) is 6.01. The monoisotopic (exact) mass is 478 g/mol. The summed E-state index contributed by atoms with van der Waals surface area (Å²) in [6.07, 6.45) is 4.29. The summed E-state index contributed by atoms with van der Waals surface area (Å²) in [5.41, 5.74) is 4.04. The van der Waals surface area contributed by atoms with Gasteiger partial charge < -0.3 is 14.6 Å². The number of halogens is 1. The molecule has 34 heavy (non-hydrogen) atoms. The number of nitrogens with zero attached hydrogens (tertiary/aromatic N) is 3. The second-order valence-electron chi connectivity index (χ2n) is 7.73. The van der Waals surface area contributed by atoms with Gasteiger partial charge in [0.25, 0.3) is 5.91 Å². The number of pyridine rings is 1. The van der Waals surface area contributed by atoms with Crippen molar-refractivity contribution < 1.29 is 13.9 Å². The highest BCUT2D eigenvalue weighted by molar-refractivity contribution is 7.98. The number of nitrogens with one attached hydrogen (secondary N) is 1. The van der Waals surface area contributed by atoms with Crippen molar-refractivity contribution in [2.75, 3.05) is 19.8 Å². The zero-order valence-electron chi connectivity index (χ0n) is 19.0. The van der Waals surface area contributed by atoms with Crippen LogP contribution in [-0.4, -0.2) is 40.2 Å². The van der Waals surface area contributed by atoms with Gasteiger partial charge in [-0.25, -0.2) is 9.37 Å². The molecule has 0 spiro atoms. The van der Waals surface area contributed by atoms with E-state index in [0.717, 1.165) is 28.2 Å². The van der Waals surface area contributed by atoms with Gasteiger partial charge in [-0.2, -0.15) is 0 Å². The number of hydrogen-bond donors (Lipinski definition) is 1. The Morgan fingerprint density at radius 1 is 1.15 bits per heavy atom. The lowest BCUT2D eigenvalue weighted by molar-refractivity contribution is 0.0944. The molecule has 0 aliphatic carbocycles. The summed E-state index contributed by atoms with van der Waals surface area (Å²) in [7, 11) is 0. The molecule has 0 aliphatic rings. The van der Waals surface area contributed by atoms with Gasteiger partial charge in [0, 0.05) is 37.3 Å². The van der Waals surface area contributed by atoms with E-state index in [1.807, 2.05) is 43.3 Å². The summed E-state index contributed by atoms with van der Waals surface area (Å²) in [4.78, 5) is 21.4. The molecule has 6 nitrogen and oxygen atoms in total. The molecule has 0 atom stereocenters. The number of amides is 1. The first kappa shape index (κ1) is 23.9. The van der Waals surface area contributed by atoms with Crippen LogP contribution in [0.5, 0.6) is 0 Å². The van der Waals surface area contributed by atoms with Gasteiger partial charge in [-0.1, -0.05) is 42.1 Å². The van der Waals surface area contributed by atoms with Crippen LogP contribution in [0.4, 0.5) is 4.39 Å². The lowest BCUT2D eigenvalue weighted by atomic mass is 10.1. The molecule has 0 aliphatic heterocycles. The van der Waals surface area contributed by atoms with Crippen molar-refractivity contribution in [1.82, 2.24) is 19.9 Å². The van der Waals surface area contributed by atoms with Gasteiger partial charge in [-0.05, 0) is 48.7 Å². The Hall–Kier alpha value is -3.23. The summed E-state index contributed by atoms with van der Waals surface area (Å²) < 4.78 is 21.5. The Kier molecular flexibility index (Phi) is 8.27. The number of imidazole rings is 1. The second-order valence-corrected chi connectivity index (χ2v) is 8.67. The van der Waals surface area contributed by atoms with Crippen molar-refractivity contribution in [3.8, 4) is 0 Å². The molecule has 176 valence electrons. The number of carbonyl (C=O) groups is 1. The number of aromatic nitrogens is 3. The number of hydrogen-bond acceptors (Lipinski definition) is 5. The molecule has 0 fully saturated rings. The smallest absolute Gasteiger partial charge is 0.251 e. The molecule has 8 heteroatoms. The maximum Gasteiger partial charge on any atom is 0.251 e. The molecule has 0 bridgehead atoms. The van der Waals surface area contributed by atoms with Gasteiger partial charge >= 0.3 is 0 Å². The van der Waals surface area contributed by atoms with Crippen LogP contribution in [0.3, 0.4) is 0 Å². The molecule has 4 rings (SSSR count).